The summed E-state index contributed by atoms with van der Waals surface area (Å²) in [5.74, 6) is -2.05. The molecule has 9 heteroatoms. The van der Waals surface area contributed by atoms with Crippen LogP contribution in [0.2, 0.25) is 0 Å². The van der Waals surface area contributed by atoms with Gasteiger partial charge in [0, 0.05) is 12.6 Å². The van der Waals surface area contributed by atoms with E-state index >= 15 is 0 Å². The van der Waals surface area contributed by atoms with E-state index in [1.54, 1.807) is 18.2 Å². The van der Waals surface area contributed by atoms with E-state index < -0.39 is 30.6 Å². The Hall–Kier alpha value is -3.49. The highest BCUT2D eigenvalue weighted by Crippen LogP contribution is 2.22. The Morgan fingerprint density at radius 1 is 1.00 bits per heavy atom. The van der Waals surface area contributed by atoms with Crippen LogP contribution in [-0.4, -0.2) is 31.6 Å². The number of amides is 3. The molecule has 2 aromatic rings. The molecule has 142 valence electrons. The molecule has 0 unspecified atom stereocenters. The predicted octanol–water partition coefficient (Wildman–Crippen LogP) is 2.64. The molecule has 1 atom stereocenters. The third-order valence-electron chi connectivity index (χ3n) is 3.32. The number of halogens is 2. The van der Waals surface area contributed by atoms with Crippen LogP contribution in [0.3, 0.4) is 0 Å². The summed E-state index contributed by atoms with van der Waals surface area (Å²) in [6, 6.07) is 12.2. The number of esters is 1. The number of hydrogen-bond acceptors (Lipinski definition) is 5. The van der Waals surface area contributed by atoms with E-state index in [2.05, 4.69) is 10.1 Å². The molecule has 2 rings (SSSR count). The molecule has 2 N–H and O–H groups in total. The van der Waals surface area contributed by atoms with Gasteiger partial charge in [-0.25, -0.2) is 9.59 Å². The molecule has 0 aliphatic heterocycles. The molecule has 2 aromatic carbocycles. The number of carbonyl (C=O) groups excluding carboxylic acids is 3. The van der Waals surface area contributed by atoms with Gasteiger partial charge in [0.25, 0.3) is 5.91 Å². The van der Waals surface area contributed by atoms with Gasteiger partial charge >= 0.3 is 18.6 Å². The van der Waals surface area contributed by atoms with E-state index in [1.165, 1.54) is 37.4 Å². The summed E-state index contributed by atoms with van der Waals surface area (Å²) in [6.45, 7) is -3.05. The zero-order valence-electron chi connectivity index (χ0n) is 14.1. The van der Waals surface area contributed by atoms with Gasteiger partial charge in [0.15, 0.2) is 0 Å². The average Bonchev–Trinajstić information content (AvgIpc) is 2.66. The number of urea groups is 1. The monoisotopic (exact) mass is 378 g/mol. The summed E-state index contributed by atoms with van der Waals surface area (Å²) < 4.78 is 34.1. The number of imide groups is 1. The minimum Gasteiger partial charge on any atom is -0.444 e. The quantitative estimate of drug-likeness (QED) is 0.754. The van der Waals surface area contributed by atoms with Crippen molar-refractivity contribution in [2.75, 3.05) is 7.05 Å². The Morgan fingerprint density at radius 3 is 2.33 bits per heavy atom. The van der Waals surface area contributed by atoms with E-state index in [4.69, 9.17) is 4.74 Å². The van der Waals surface area contributed by atoms with Crippen molar-refractivity contribution in [3.8, 4) is 5.75 Å². The SMILES string of the molecule is CNC(=O)NC(=O)[C@@H](OC(=O)c1cccc(OC(F)F)c1)c1ccccc1. The van der Waals surface area contributed by atoms with Gasteiger partial charge in [0.1, 0.15) is 5.75 Å². The van der Waals surface area contributed by atoms with Crippen molar-refractivity contribution in [1.29, 1.82) is 0 Å². The van der Waals surface area contributed by atoms with Crippen LogP contribution < -0.4 is 15.4 Å². The second-order valence-electron chi connectivity index (χ2n) is 5.17. The molecule has 0 bridgehead atoms. The van der Waals surface area contributed by atoms with E-state index in [0.717, 1.165) is 6.07 Å². The molecule has 0 heterocycles. The topological polar surface area (TPSA) is 93.7 Å². The Labute approximate surface area is 153 Å². The van der Waals surface area contributed by atoms with Crippen molar-refractivity contribution in [3.05, 3.63) is 65.7 Å². The standard InChI is InChI=1S/C18H16F2N2O5/c1-21-18(25)22-15(23)14(11-6-3-2-4-7-11)27-16(24)12-8-5-9-13(10-12)26-17(19)20/h2-10,14,17H,1H3,(H2,21,22,23,25)/t14-/m0/s1. The van der Waals surface area contributed by atoms with E-state index in [0.29, 0.717) is 5.56 Å². The highest BCUT2D eigenvalue weighted by molar-refractivity contribution is 5.99. The maximum absolute atomic E-state index is 12.4. The number of benzene rings is 2. The highest BCUT2D eigenvalue weighted by atomic mass is 19.3. The van der Waals surface area contributed by atoms with Crippen molar-refractivity contribution in [3.63, 3.8) is 0 Å². The van der Waals surface area contributed by atoms with Crippen molar-refractivity contribution in [2.45, 2.75) is 12.7 Å². The van der Waals surface area contributed by atoms with Crippen molar-refractivity contribution in [2.24, 2.45) is 0 Å². The molecule has 3 amide bonds. The predicted molar refractivity (Wildman–Crippen MR) is 90.3 cm³/mol. The van der Waals surface area contributed by atoms with Crippen LogP contribution in [0, 0.1) is 0 Å². The molecule has 27 heavy (non-hydrogen) atoms. The molecular weight excluding hydrogens is 362 g/mol. The fraction of sp³-hybridized carbons (Fsp3) is 0.167. The van der Waals surface area contributed by atoms with Crippen molar-refractivity contribution in [1.82, 2.24) is 10.6 Å². The van der Waals surface area contributed by atoms with Gasteiger partial charge in [-0.2, -0.15) is 8.78 Å². The number of ether oxygens (including phenoxy) is 2. The molecular formula is C18H16F2N2O5. The molecule has 7 nitrogen and oxygen atoms in total. The van der Waals surface area contributed by atoms with Crippen molar-refractivity contribution < 1.29 is 32.6 Å². The second kappa shape index (κ2) is 9.27. The molecule has 0 aliphatic carbocycles. The minimum atomic E-state index is -3.05. The molecule has 0 aliphatic rings. The number of rotatable bonds is 6. The number of nitrogens with one attached hydrogen (secondary N) is 2. The molecule has 0 fully saturated rings. The van der Waals surface area contributed by atoms with Gasteiger partial charge in [0.05, 0.1) is 5.56 Å². The fourth-order valence-electron chi connectivity index (χ4n) is 2.12. The van der Waals surface area contributed by atoms with Crippen LogP contribution in [0.4, 0.5) is 13.6 Å². The zero-order chi connectivity index (χ0) is 19.8. The lowest BCUT2D eigenvalue weighted by Crippen LogP contribution is -2.41. The molecule has 0 aromatic heterocycles. The molecule has 0 spiro atoms. The second-order valence-corrected chi connectivity index (χ2v) is 5.17. The van der Waals surface area contributed by atoms with Gasteiger partial charge in [0.2, 0.25) is 6.10 Å². The van der Waals surface area contributed by atoms with E-state index in [1.807, 2.05) is 5.32 Å². The van der Waals surface area contributed by atoms with E-state index in [9.17, 15) is 23.2 Å². The van der Waals surface area contributed by atoms with Crippen molar-refractivity contribution >= 4 is 17.9 Å². The molecule has 0 saturated carbocycles. The summed E-state index contributed by atoms with van der Waals surface area (Å²) >= 11 is 0. The summed E-state index contributed by atoms with van der Waals surface area (Å²) in [7, 11) is 1.32. The normalized spacial score (nSPS) is 11.4. The lowest BCUT2D eigenvalue weighted by Gasteiger charge is -2.17. The Kier molecular flexibility index (Phi) is 6.81. The molecule has 0 radical (unpaired) electrons. The third-order valence-corrected chi connectivity index (χ3v) is 3.32. The van der Waals surface area contributed by atoms with Gasteiger partial charge < -0.3 is 14.8 Å². The van der Waals surface area contributed by atoms with Crippen LogP contribution in [0.1, 0.15) is 22.0 Å². The van der Waals surface area contributed by atoms with Gasteiger partial charge in [-0.15, -0.1) is 0 Å². The Balaban J connectivity index is 2.23. The first-order valence-corrected chi connectivity index (χ1v) is 7.74. The van der Waals surface area contributed by atoms with Crippen LogP contribution >= 0.6 is 0 Å². The molecule has 0 saturated heterocycles. The zero-order valence-corrected chi connectivity index (χ0v) is 14.1. The number of alkyl halides is 2. The summed E-state index contributed by atoms with van der Waals surface area (Å²) in [5, 5.41) is 4.25. The minimum absolute atomic E-state index is 0.0955. The first-order chi connectivity index (χ1) is 12.9. The highest BCUT2D eigenvalue weighted by Gasteiger charge is 2.27. The van der Waals surface area contributed by atoms with Crippen LogP contribution in [-0.2, 0) is 9.53 Å². The summed E-state index contributed by atoms with van der Waals surface area (Å²) in [5.41, 5.74) is 0.231. The van der Waals surface area contributed by atoms with Gasteiger partial charge in [-0.05, 0) is 18.2 Å². The van der Waals surface area contributed by atoms with Crippen LogP contribution in [0.25, 0.3) is 0 Å². The van der Waals surface area contributed by atoms with Gasteiger partial charge in [-0.3, -0.25) is 10.1 Å². The van der Waals surface area contributed by atoms with Crippen LogP contribution in [0.15, 0.2) is 54.6 Å². The average molecular weight is 378 g/mol. The Morgan fingerprint density at radius 2 is 1.70 bits per heavy atom. The smallest absolute Gasteiger partial charge is 0.387 e. The largest absolute Gasteiger partial charge is 0.444 e. The first kappa shape index (κ1) is 19.8. The van der Waals surface area contributed by atoms with E-state index in [-0.39, 0.29) is 11.3 Å². The number of hydrogen-bond donors (Lipinski definition) is 2. The summed E-state index contributed by atoms with van der Waals surface area (Å²) in [6.07, 6.45) is -1.42. The third kappa shape index (κ3) is 5.77. The Bertz CT molecular complexity index is 814. The lowest BCUT2D eigenvalue weighted by atomic mass is 10.1. The fourth-order valence-corrected chi connectivity index (χ4v) is 2.12. The maximum atomic E-state index is 12.4. The summed E-state index contributed by atoms with van der Waals surface area (Å²) in [4.78, 5) is 36.1. The number of carbonyl (C=O) groups is 3. The maximum Gasteiger partial charge on any atom is 0.387 e. The first-order valence-electron chi connectivity index (χ1n) is 7.74. The van der Waals surface area contributed by atoms with Crippen LogP contribution in [0.5, 0.6) is 5.75 Å². The van der Waals surface area contributed by atoms with Gasteiger partial charge in [-0.1, -0.05) is 36.4 Å². The lowest BCUT2D eigenvalue weighted by molar-refractivity contribution is -0.129.